The summed E-state index contributed by atoms with van der Waals surface area (Å²) < 4.78 is 20.2. The number of rotatable bonds is 8. The molecule has 6 rings (SSSR count). The van der Waals surface area contributed by atoms with Crippen molar-refractivity contribution in [2.24, 2.45) is 0 Å². The van der Waals surface area contributed by atoms with Crippen LogP contribution in [0, 0.1) is 5.82 Å². The van der Waals surface area contributed by atoms with Gasteiger partial charge < -0.3 is 30.1 Å². The van der Waals surface area contributed by atoms with E-state index in [1.54, 1.807) is 6.08 Å². The fourth-order valence-corrected chi connectivity index (χ4v) is 5.34. The Hall–Kier alpha value is -4.02. The minimum Gasteiger partial charge on any atom is -0.378 e. The van der Waals surface area contributed by atoms with Crippen LogP contribution in [0.1, 0.15) is 18.4 Å². The second-order valence-corrected chi connectivity index (χ2v) is 10.9. The topological polar surface area (TPSA) is 85.9 Å². The second kappa shape index (κ2) is 10.9. The van der Waals surface area contributed by atoms with Gasteiger partial charge in [0.2, 0.25) is 5.95 Å². The van der Waals surface area contributed by atoms with Crippen LogP contribution in [-0.4, -0.2) is 74.3 Å². The molecule has 2 aliphatic heterocycles. The molecule has 208 valence electrons. The maximum atomic E-state index is 14.8. The number of halogens is 1. The summed E-state index contributed by atoms with van der Waals surface area (Å²) >= 11 is 0. The molecule has 0 unspecified atom stereocenters. The van der Waals surface area contributed by atoms with Crippen molar-refractivity contribution in [3.05, 3.63) is 72.2 Å². The molecule has 3 heterocycles. The normalized spacial score (nSPS) is 17.5. The molecule has 1 aromatic heterocycles. The molecule has 1 amide bonds. The van der Waals surface area contributed by atoms with Gasteiger partial charge in [0.25, 0.3) is 5.91 Å². The number of nitrogens with zero attached hydrogens (tertiary/aromatic N) is 5. The Morgan fingerprint density at radius 3 is 2.58 bits per heavy atom. The van der Waals surface area contributed by atoms with E-state index < -0.39 is 5.82 Å². The van der Waals surface area contributed by atoms with E-state index in [4.69, 9.17) is 4.74 Å². The van der Waals surface area contributed by atoms with Crippen molar-refractivity contribution >= 4 is 40.4 Å². The van der Waals surface area contributed by atoms with Gasteiger partial charge in [-0.2, -0.15) is 4.98 Å². The molecule has 0 radical (unpaired) electrons. The maximum absolute atomic E-state index is 14.8. The molecule has 1 saturated heterocycles. The van der Waals surface area contributed by atoms with Crippen molar-refractivity contribution in [1.29, 1.82) is 0 Å². The molecular formula is C30H34FN7O2. The molecule has 0 bridgehead atoms. The van der Waals surface area contributed by atoms with Crippen LogP contribution in [0.2, 0.25) is 0 Å². The average molecular weight is 544 g/mol. The van der Waals surface area contributed by atoms with Gasteiger partial charge in [0, 0.05) is 60.4 Å². The summed E-state index contributed by atoms with van der Waals surface area (Å²) in [6, 6.07) is 13.9. The smallest absolute Gasteiger partial charge is 0.250 e. The number of hydrogen-bond acceptors (Lipinski definition) is 8. The largest absolute Gasteiger partial charge is 0.378 e. The predicted octanol–water partition coefficient (Wildman–Crippen LogP) is 4.44. The maximum Gasteiger partial charge on any atom is 0.250 e. The van der Waals surface area contributed by atoms with Gasteiger partial charge >= 0.3 is 0 Å². The Morgan fingerprint density at radius 2 is 1.85 bits per heavy atom. The fourth-order valence-electron chi connectivity index (χ4n) is 5.34. The number of amides is 1. The molecule has 3 aliphatic rings. The minimum absolute atomic E-state index is 0.0385. The lowest BCUT2D eigenvalue weighted by molar-refractivity contribution is -0.114. The van der Waals surface area contributed by atoms with Crippen LogP contribution >= 0.6 is 0 Å². The number of morpholine rings is 1. The third kappa shape index (κ3) is 5.50. The zero-order chi connectivity index (χ0) is 27.7. The Bertz CT molecular complexity index is 1420. The number of carbonyl (C=O) groups excluding carboxylic acids is 1. The Balaban J connectivity index is 1.18. The quantitative estimate of drug-likeness (QED) is 0.404. The van der Waals surface area contributed by atoms with Crippen molar-refractivity contribution in [3.8, 4) is 0 Å². The molecule has 2 aromatic carbocycles. The van der Waals surface area contributed by atoms with Crippen LogP contribution in [0.3, 0.4) is 0 Å². The van der Waals surface area contributed by atoms with E-state index in [1.165, 1.54) is 5.56 Å². The van der Waals surface area contributed by atoms with Crippen molar-refractivity contribution in [3.63, 3.8) is 0 Å². The standard InChI is InChI=1S/C30H34FN7O2/c1-36(2)13-3-4-27(39)38-20-30(11-12-30)24-10-7-22(18-26(24)38)33-28-25(31)19-32-29(35-28)34-21-5-8-23(9-6-21)37-14-16-40-17-15-37/h3-10,18-19H,11-17,20H2,1-2H3,(H2,32,33,34,35)/b4-3+. The lowest BCUT2D eigenvalue weighted by Gasteiger charge is -2.28. The first kappa shape index (κ1) is 26.2. The van der Waals surface area contributed by atoms with Gasteiger partial charge in [-0.15, -0.1) is 0 Å². The van der Waals surface area contributed by atoms with E-state index in [-0.39, 0.29) is 23.1 Å². The van der Waals surface area contributed by atoms with Crippen LogP contribution in [0.25, 0.3) is 0 Å². The lowest BCUT2D eigenvalue weighted by Crippen LogP contribution is -2.36. The number of benzene rings is 2. The highest BCUT2D eigenvalue weighted by molar-refractivity contribution is 6.04. The minimum atomic E-state index is -0.563. The van der Waals surface area contributed by atoms with Gasteiger partial charge in [-0.05, 0) is 68.9 Å². The van der Waals surface area contributed by atoms with Gasteiger partial charge in [-0.25, -0.2) is 9.37 Å². The summed E-state index contributed by atoms with van der Waals surface area (Å²) in [4.78, 5) is 27.7. The van der Waals surface area contributed by atoms with Crippen LogP contribution in [0.15, 0.2) is 60.8 Å². The van der Waals surface area contributed by atoms with E-state index in [9.17, 15) is 9.18 Å². The van der Waals surface area contributed by atoms with Crippen LogP contribution in [-0.2, 0) is 14.9 Å². The summed E-state index contributed by atoms with van der Waals surface area (Å²) in [5.74, 6) is -0.260. The average Bonchev–Trinajstić information content (AvgIpc) is 3.67. The van der Waals surface area contributed by atoms with E-state index in [1.807, 2.05) is 66.4 Å². The third-order valence-corrected chi connectivity index (χ3v) is 7.68. The number of anilines is 6. The summed E-state index contributed by atoms with van der Waals surface area (Å²) in [5.41, 5.74) is 4.69. The van der Waals surface area contributed by atoms with Gasteiger partial charge in [-0.1, -0.05) is 12.1 Å². The molecule has 40 heavy (non-hydrogen) atoms. The fraction of sp³-hybridized carbons (Fsp3) is 0.367. The van der Waals surface area contributed by atoms with Gasteiger partial charge in [0.15, 0.2) is 11.6 Å². The predicted molar refractivity (Wildman–Crippen MR) is 155 cm³/mol. The number of aromatic nitrogens is 2. The molecular weight excluding hydrogens is 509 g/mol. The van der Waals surface area contributed by atoms with Crippen molar-refractivity contribution in [2.75, 3.05) is 73.9 Å². The van der Waals surface area contributed by atoms with E-state index >= 15 is 0 Å². The molecule has 9 nitrogen and oxygen atoms in total. The van der Waals surface area contributed by atoms with E-state index in [0.717, 1.165) is 62.4 Å². The summed E-state index contributed by atoms with van der Waals surface area (Å²) in [5, 5.41) is 6.26. The molecule has 1 aliphatic carbocycles. The number of likely N-dealkylation sites (N-methyl/N-ethyl adjacent to an activating group) is 1. The molecule has 1 saturated carbocycles. The first-order valence-corrected chi connectivity index (χ1v) is 13.7. The van der Waals surface area contributed by atoms with Gasteiger partial charge in [-0.3, -0.25) is 4.79 Å². The Labute approximate surface area is 233 Å². The number of ether oxygens (including phenoxy) is 1. The van der Waals surface area contributed by atoms with Gasteiger partial charge in [0.05, 0.1) is 19.4 Å². The molecule has 3 aromatic rings. The zero-order valence-corrected chi connectivity index (χ0v) is 22.9. The van der Waals surface area contributed by atoms with Crippen LogP contribution in [0.5, 0.6) is 0 Å². The third-order valence-electron chi connectivity index (χ3n) is 7.68. The Morgan fingerprint density at radius 1 is 1.10 bits per heavy atom. The van der Waals surface area contributed by atoms with E-state index in [0.29, 0.717) is 18.8 Å². The summed E-state index contributed by atoms with van der Waals surface area (Å²) in [6.07, 6.45) is 6.81. The molecule has 10 heteroatoms. The zero-order valence-electron chi connectivity index (χ0n) is 22.9. The van der Waals surface area contributed by atoms with Crippen LogP contribution < -0.4 is 20.4 Å². The summed E-state index contributed by atoms with van der Waals surface area (Å²) in [6.45, 7) is 4.56. The van der Waals surface area contributed by atoms with Crippen molar-refractivity contribution < 1.29 is 13.9 Å². The first-order chi connectivity index (χ1) is 19.4. The van der Waals surface area contributed by atoms with E-state index in [2.05, 4.69) is 31.6 Å². The number of nitrogens with one attached hydrogen (secondary N) is 2. The SMILES string of the molecule is CN(C)C/C=C/C(=O)N1CC2(CC2)c2ccc(Nc3nc(Nc4ccc(N5CCOCC5)cc4)ncc3F)cc21. The summed E-state index contributed by atoms with van der Waals surface area (Å²) in [7, 11) is 3.93. The first-order valence-electron chi connectivity index (χ1n) is 13.7. The number of hydrogen-bond donors (Lipinski definition) is 2. The van der Waals surface area contributed by atoms with Crippen molar-refractivity contribution in [1.82, 2.24) is 14.9 Å². The van der Waals surface area contributed by atoms with Crippen molar-refractivity contribution in [2.45, 2.75) is 18.3 Å². The molecule has 2 N–H and O–H groups in total. The Kier molecular flexibility index (Phi) is 7.12. The highest BCUT2D eigenvalue weighted by Gasteiger charge is 2.52. The monoisotopic (exact) mass is 543 g/mol. The second-order valence-electron chi connectivity index (χ2n) is 10.9. The number of carbonyl (C=O) groups is 1. The molecule has 1 spiro atoms. The highest BCUT2D eigenvalue weighted by atomic mass is 19.1. The highest BCUT2D eigenvalue weighted by Crippen LogP contribution is 2.57. The lowest BCUT2D eigenvalue weighted by atomic mass is 9.98. The molecule has 0 atom stereocenters. The van der Waals surface area contributed by atoms with Gasteiger partial charge in [0.1, 0.15) is 0 Å². The van der Waals surface area contributed by atoms with Crippen LogP contribution in [0.4, 0.5) is 38.9 Å². The number of fused-ring (bicyclic) bond motifs is 2. The molecule has 2 fully saturated rings.